The summed E-state index contributed by atoms with van der Waals surface area (Å²) in [4.78, 5) is 14.7. The van der Waals surface area contributed by atoms with Crippen LogP contribution in [-0.2, 0) is 11.2 Å². The third-order valence-electron chi connectivity index (χ3n) is 4.49. The molecule has 1 amide bonds. The van der Waals surface area contributed by atoms with Crippen molar-refractivity contribution in [3.63, 3.8) is 0 Å². The lowest BCUT2D eigenvalue weighted by Gasteiger charge is -2.39. The summed E-state index contributed by atoms with van der Waals surface area (Å²) in [6.45, 7) is 2.78. The minimum absolute atomic E-state index is 0.213. The standard InChI is InChI=1S/C16H22N2O/c19-15-16(9-4-11-17-16)10-5-12-18(15)13-8-14-6-2-1-3-7-14/h1-3,6-7,17H,4-5,8-13H2. The Bertz CT molecular complexity index is 437. The summed E-state index contributed by atoms with van der Waals surface area (Å²) in [5, 5.41) is 3.46. The maximum atomic E-state index is 12.6. The molecule has 1 unspecified atom stereocenters. The lowest BCUT2D eigenvalue weighted by Crippen LogP contribution is -2.58. The Kier molecular flexibility index (Phi) is 3.56. The fraction of sp³-hybridized carbons (Fsp3) is 0.562. The van der Waals surface area contributed by atoms with Gasteiger partial charge in [-0.15, -0.1) is 0 Å². The minimum atomic E-state index is -0.213. The van der Waals surface area contributed by atoms with Crippen molar-refractivity contribution in [3.8, 4) is 0 Å². The van der Waals surface area contributed by atoms with E-state index in [1.165, 1.54) is 5.56 Å². The first-order valence-electron chi connectivity index (χ1n) is 7.39. The second-order valence-electron chi connectivity index (χ2n) is 5.74. The summed E-state index contributed by atoms with van der Waals surface area (Å²) in [6.07, 6.45) is 5.27. The van der Waals surface area contributed by atoms with Gasteiger partial charge in [0.2, 0.25) is 5.91 Å². The second-order valence-corrected chi connectivity index (χ2v) is 5.74. The van der Waals surface area contributed by atoms with Crippen LogP contribution in [0, 0.1) is 0 Å². The van der Waals surface area contributed by atoms with E-state index in [0.717, 1.165) is 51.7 Å². The molecule has 0 saturated carbocycles. The first-order valence-corrected chi connectivity index (χ1v) is 7.39. The van der Waals surface area contributed by atoms with E-state index in [1.54, 1.807) is 0 Å². The van der Waals surface area contributed by atoms with E-state index >= 15 is 0 Å². The van der Waals surface area contributed by atoms with Gasteiger partial charge in [0, 0.05) is 13.1 Å². The molecule has 0 bridgehead atoms. The molecular formula is C16H22N2O. The quantitative estimate of drug-likeness (QED) is 0.899. The highest BCUT2D eigenvalue weighted by atomic mass is 16.2. The summed E-state index contributed by atoms with van der Waals surface area (Å²) in [5.41, 5.74) is 1.10. The van der Waals surface area contributed by atoms with Crippen LogP contribution in [0.3, 0.4) is 0 Å². The summed E-state index contributed by atoms with van der Waals surface area (Å²) < 4.78 is 0. The molecule has 0 aliphatic carbocycles. The van der Waals surface area contributed by atoms with Gasteiger partial charge < -0.3 is 10.2 Å². The Morgan fingerprint density at radius 2 is 1.95 bits per heavy atom. The molecule has 2 heterocycles. The Morgan fingerprint density at radius 1 is 1.16 bits per heavy atom. The van der Waals surface area contributed by atoms with E-state index in [9.17, 15) is 4.79 Å². The molecule has 1 N–H and O–H groups in total. The van der Waals surface area contributed by atoms with Crippen LogP contribution in [0.2, 0.25) is 0 Å². The Labute approximate surface area is 115 Å². The monoisotopic (exact) mass is 258 g/mol. The predicted molar refractivity (Wildman–Crippen MR) is 75.9 cm³/mol. The van der Waals surface area contributed by atoms with Gasteiger partial charge in [-0.05, 0) is 44.2 Å². The van der Waals surface area contributed by atoms with Crippen LogP contribution in [-0.4, -0.2) is 36.0 Å². The normalized spacial score (nSPS) is 27.2. The van der Waals surface area contributed by atoms with Crippen molar-refractivity contribution in [1.29, 1.82) is 0 Å². The van der Waals surface area contributed by atoms with E-state index in [2.05, 4.69) is 34.5 Å². The Balaban J connectivity index is 1.63. The lowest BCUT2D eigenvalue weighted by molar-refractivity contribution is -0.141. The number of hydrogen-bond acceptors (Lipinski definition) is 2. The highest BCUT2D eigenvalue weighted by Gasteiger charge is 2.45. The lowest BCUT2D eigenvalue weighted by atomic mass is 9.86. The van der Waals surface area contributed by atoms with Crippen molar-refractivity contribution < 1.29 is 4.79 Å². The molecule has 2 saturated heterocycles. The number of likely N-dealkylation sites (tertiary alicyclic amines) is 1. The van der Waals surface area contributed by atoms with E-state index in [4.69, 9.17) is 0 Å². The fourth-order valence-electron chi connectivity index (χ4n) is 3.41. The van der Waals surface area contributed by atoms with Crippen LogP contribution >= 0.6 is 0 Å². The molecule has 2 fully saturated rings. The molecule has 3 heteroatoms. The zero-order valence-electron chi connectivity index (χ0n) is 11.4. The number of rotatable bonds is 3. The number of nitrogens with zero attached hydrogens (tertiary/aromatic N) is 1. The third kappa shape index (κ3) is 2.52. The van der Waals surface area contributed by atoms with Crippen molar-refractivity contribution in [2.75, 3.05) is 19.6 Å². The molecule has 2 aliphatic heterocycles. The van der Waals surface area contributed by atoms with Gasteiger partial charge in [0.1, 0.15) is 0 Å². The molecule has 0 aromatic heterocycles. The number of piperidine rings is 1. The Hall–Kier alpha value is -1.35. The maximum Gasteiger partial charge on any atom is 0.242 e. The fourth-order valence-corrected chi connectivity index (χ4v) is 3.41. The topological polar surface area (TPSA) is 32.3 Å². The average molecular weight is 258 g/mol. The predicted octanol–water partition coefficient (Wildman–Crippen LogP) is 1.97. The average Bonchev–Trinajstić information content (AvgIpc) is 2.91. The summed E-state index contributed by atoms with van der Waals surface area (Å²) in [5.74, 6) is 0.340. The molecule has 1 atom stereocenters. The van der Waals surface area contributed by atoms with Gasteiger partial charge in [-0.1, -0.05) is 30.3 Å². The van der Waals surface area contributed by atoms with Gasteiger partial charge in [0.05, 0.1) is 5.54 Å². The molecular weight excluding hydrogens is 236 g/mol. The van der Waals surface area contributed by atoms with Gasteiger partial charge in [-0.3, -0.25) is 4.79 Å². The molecule has 2 aliphatic rings. The second kappa shape index (κ2) is 5.33. The van der Waals surface area contributed by atoms with Gasteiger partial charge in [0.15, 0.2) is 0 Å². The maximum absolute atomic E-state index is 12.6. The minimum Gasteiger partial charge on any atom is -0.341 e. The van der Waals surface area contributed by atoms with Crippen LogP contribution in [0.25, 0.3) is 0 Å². The van der Waals surface area contributed by atoms with Crippen molar-refractivity contribution in [1.82, 2.24) is 10.2 Å². The number of carbonyl (C=O) groups is 1. The summed E-state index contributed by atoms with van der Waals surface area (Å²) in [7, 11) is 0. The van der Waals surface area contributed by atoms with Crippen molar-refractivity contribution in [2.24, 2.45) is 0 Å². The van der Waals surface area contributed by atoms with Gasteiger partial charge in [-0.2, -0.15) is 0 Å². The van der Waals surface area contributed by atoms with Crippen LogP contribution in [0.1, 0.15) is 31.2 Å². The molecule has 1 spiro atoms. The molecule has 1 aromatic carbocycles. The number of benzene rings is 1. The van der Waals surface area contributed by atoms with Crippen molar-refractivity contribution in [3.05, 3.63) is 35.9 Å². The summed E-state index contributed by atoms with van der Waals surface area (Å²) in [6, 6.07) is 10.4. The number of hydrogen-bond donors (Lipinski definition) is 1. The van der Waals surface area contributed by atoms with Crippen LogP contribution in [0.5, 0.6) is 0 Å². The number of amides is 1. The van der Waals surface area contributed by atoms with E-state index < -0.39 is 0 Å². The van der Waals surface area contributed by atoms with Crippen molar-refractivity contribution >= 4 is 5.91 Å². The van der Waals surface area contributed by atoms with Crippen LogP contribution in [0.4, 0.5) is 0 Å². The van der Waals surface area contributed by atoms with Gasteiger partial charge >= 0.3 is 0 Å². The molecule has 19 heavy (non-hydrogen) atoms. The highest BCUT2D eigenvalue weighted by molar-refractivity contribution is 5.87. The first-order chi connectivity index (χ1) is 9.30. The number of carbonyl (C=O) groups excluding carboxylic acids is 1. The molecule has 3 nitrogen and oxygen atoms in total. The van der Waals surface area contributed by atoms with Crippen LogP contribution < -0.4 is 5.32 Å². The zero-order chi connectivity index (χ0) is 13.1. The molecule has 1 aromatic rings. The van der Waals surface area contributed by atoms with Crippen molar-refractivity contribution in [2.45, 2.75) is 37.6 Å². The number of nitrogens with one attached hydrogen (secondary N) is 1. The third-order valence-corrected chi connectivity index (χ3v) is 4.49. The Morgan fingerprint density at radius 3 is 2.68 bits per heavy atom. The molecule has 3 rings (SSSR count). The summed E-state index contributed by atoms with van der Waals surface area (Å²) >= 11 is 0. The zero-order valence-corrected chi connectivity index (χ0v) is 11.4. The van der Waals surface area contributed by atoms with Crippen LogP contribution in [0.15, 0.2) is 30.3 Å². The molecule has 0 radical (unpaired) electrons. The molecule has 102 valence electrons. The van der Waals surface area contributed by atoms with Gasteiger partial charge in [-0.25, -0.2) is 0 Å². The van der Waals surface area contributed by atoms with E-state index in [1.807, 2.05) is 6.07 Å². The largest absolute Gasteiger partial charge is 0.341 e. The van der Waals surface area contributed by atoms with E-state index in [-0.39, 0.29) is 5.54 Å². The highest BCUT2D eigenvalue weighted by Crippen LogP contribution is 2.30. The SMILES string of the molecule is O=C1N(CCc2ccccc2)CCCC12CCCN2. The van der Waals surface area contributed by atoms with E-state index in [0.29, 0.717) is 5.91 Å². The van der Waals surface area contributed by atoms with Gasteiger partial charge in [0.25, 0.3) is 0 Å². The first kappa shape index (κ1) is 12.7. The smallest absolute Gasteiger partial charge is 0.242 e.